The smallest absolute Gasteiger partial charge is 0.137 e. The van der Waals surface area contributed by atoms with E-state index >= 15 is 0 Å². The summed E-state index contributed by atoms with van der Waals surface area (Å²) in [5, 5.41) is 8.86. The third kappa shape index (κ3) is 3.53. The van der Waals surface area contributed by atoms with Crippen LogP contribution in [-0.4, -0.2) is 16.7 Å². The lowest BCUT2D eigenvalue weighted by atomic mass is 10.1. The predicted molar refractivity (Wildman–Crippen MR) is 79.6 cm³/mol. The van der Waals surface area contributed by atoms with Gasteiger partial charge >= 0.3 is 0 Å². The van der Waals surface area contributed by atoms with Gasteiger partial charge in [0.1, 0.15) is 16.5 Å². The molecule has 19 heavy (non-hydrogen) atoms. The molecule has 2 aromatic carbocycles. The summed E-state index contributed by atoms with van der Waals surface area (Å²) in [6, 6.07) is 15.0. The minimum Gasteiger partial charge on any atom is -0.457 e. The highest BCUT2D eigenvalue weighted by molar-refractivity contribution is 7.80. The van der Waals surface area contributed by atoms with Crippen molar-refractivity contribution in [1.82, 2.24) is 0 Å². The van der Waals surface area contributed by atoms with E-state index in [-0.39, 0.29) is 6.61 Å². The zero-order valence-electron chi connectivity index (χ0n) is 10.4. The molecule has 3 nitrogen and oxygen atoms in total. The fourth-order valence-electron chi connectivity index (χ4n) is 1.74. The third-order valence-electron chi connectivity index (χ3n) is 2.70. The van der Waals surface area contributed by atoms with Gasteiger partial charge in [-0.25, -0.2) is 0 Å². The van der Waals surface area contributed by atoms with Gasteiger partial charge in [0.15, 0.2) is 0 Å². The van der Waals surface area contributed by atoms with Crippen molar-refractivity contribution in [3.05, 3.63) is 59.7 Å². The highest BCUT2D eigenvalue weighted by Gasteiger charge is 2.06. The van der Waals surface area contributed by atoms with E-state index in [0.717, 1.165) is 11.1 Å². The summed E-state index contributed by atoms with van der Waals surface area (Å²) < 4.78 is 5.77. The maximum absolute atomic E-state index is 8.86. The van der Waals surface area contributed by atoms with Crippen molar-refractivity contribution in [2.24, 2.45) is 5.73 Å². The van der Waals surface area contributed by atoms with Crippen molar-refractivity contribution in [2.75, 3.05) is 6.61 Å². The summed E-state index contributed by atoms with van der Waals surface area (Å²) in [7, 11) is 0. The lowest BCUT2D eigenvalue weighted by Gasteiger charge is -2.10. The number of hydrogen-bond acceptors (Lipinski definition) is 3. The monoisotopic (exact) mass is 273 g/mol. The molecule has 0 saturated carbocycles. The summed E-state index contributed by atoms with van der Waals surface area (Å²) in [4.78, 5) is 0.313. The number of benzene rings is 2. The molecule has 98 valence electrons. The fourth-order valence-corrected chi connectivity index (χ4v) is 1.91. The average Bonchev–Trinajstić information content (AvgIpc) is 2.42. The standard InChI is InChI=1S/C15H15NO2S/c16-15(19)13-3-1-2-4-14(13)18-12-7-5-11(6-8-12)9-10-17/h1-8,17H,9-10H2,(H2,16,19). The Morgan fingerprint density at radius 3 is 2.42 bits per heavy atom. The van der Waals surface area contributed by atoms with E-state index in [4.69, 9.17) is 27.8 Å². The van der Waals surface area contributed by atoms with Crippen molar-refractivity contribution in [3.63, 3.8) is 0 Å². The Morgan fingerprint density at radius 2 is 1.79 bits per heavy atom. The number of aliphatic hydroxyl groups excluding tert-OH is 1. The fraction of sp³-hybridized carbons (Fsp3) is 0.133. The minimum absolute atomic E-state index is 0.143. The molecule has 0 amide bonds. The SMILES string of the molecule is NC(=S)c1ccccc1Oc1ccc(CCO)cc1. The van der Waals surface area contributed by atoms with Crippen LogP contribution in [0.5, 0.6) is 11.5 Å². The predicted octanol–water partition coefficient (Wildman–Crippen LogP) is 2.65. The van der Waals surface area contributed by atoms with Crippen LogP contribution in [0.2, 0.25) is 0 Å². The lowest BCUT2D eigenvalue weighted by Crippen LogP contribution is -2.10. The molecule has 0 atom stereocenters. The molecule has 2 rings (SSSR count). The molecule has 0 unspecified atom stereocenters. The second-order valence-electron chi connectivity index (χ2n) is 4.08. The molecule has 0 bridgehead atoms. The number of hydrogen-bond donors (Lipinski definition) is 2. The lowest BCUT2D eigenvalue weighted by molar-refractivity contribution is 0.299. The van der Waals surface area contributed by atoms with Gasteiger partial charge in [0.25, 0.3) is 0 Å². The summed E-state index contributed by atoms with van der Waals surface area (Å²) in [6.45, 7) is 0.143. The summed E-state index contributed by atoms with van der Waals surface area (Å²) in [6.07, 6.45) is 0.643. The zero-order chi connectivity index (χ0) is 13.7. The molecule has 4 heteroatoms. The maximum Gasteiger partial charge on any atom is 0.137 e. The number of thiocarbonyl (C=S) groups is 1. The topological polar surface area (TPSA) is 55.5 Å². The molecule has 3 N–H and O–H groups in total. The van der Waals surface area contributed by atoms with Gasteiger partial charge < -0.3 is 15.6 Å². The summed E-state index contributed by atoms with van der Waals surface area (Å²) in [5.41, 5.74) is 7.44. The first-order chi connectivity index (χ1) is 9.20. The molecule has 0 aromatic heterocycles. The zero-order valence-corrected chi connectivity index (χ0v) is 11.2. The van der Waals surface area contributed by atoms with Gasteiger partial charge in [-0.05, 0) is 36.2 Å². The maximum atomic E-state index is 8.86. The third-order valence-corrected chi connectivity index (χ3v) is 2.92. The van der Waals surface area contributed by atoms with Crippen molar-refractivity contribution >= 4 is 17.2 Å². The van der Waals surface area contributed by atoms with Crippen LogP contribution in [0.25, 0.3) is 0 Å². The van der Waals surface area contributed by atoms with Gasteiger partial charge in [-0.15, -0.1) is 0 Å². The normalized spacial score (nSPS) is 10.2. The molecule has 0 heterocycles. The molecule has 0 saturated heterocycles. The van der Waals surface area contributed by atoms with Crippen LogP contribution in [0, 0.1) is 0 Å². The number of ether oxygens (including phenoxy) is 1. The van der Waals surface area contributed by atoms with Crippen molar-refractivity contribution in [1.29, 1.82) is 0 Å². The molecule has 0 aliphatic rings. The first-order valence-corrected chi connectivity index (χ1v) is 6.38. The van der Waals surface area contributed by atoms with Gasteiger partial charge in [-0.1, -0.05) is 36.5 Å². The van der Waals surface area contributed by atoms with E-state index in [1.807, 2.05) is 48.5 Å². The Bertz CT molecular complexity index is 567. The number of aliphatic hydroxyl groups is 1. The van der Waals surface area contributed by atoms with E-state index < -0.39 is 0 Å². The van der Waals surface area contributed by atoms with Gasteiger partial charge in [0.2, 0.25) is 0 Å². The second kappa shape index (κ2) is 6.31. The summed E-state index contributed by atoms with van der Waals surface area (Å²) >= 11 is 4.99. The van der Waals surface area contributed by atoms with Gasteiger partial charge in [0.05, 0.1) is 5.56 Å². The molecule has 2 aromatic rings. The number of para-hydroxylation sites is 1. The van der Waals surface area contributed by atoms with Gasteiger partial charge in [-0.2, -0.15) is 0 Å². The highest BCUT2D eigenvalue weighted by Crippen LogP contribution is 2.25. The van der Waals surface area contributed by atoms with Crippen LogP contribution >= 0.6 is 12.2 Å². The Kier molecular flexibility index (Phi) is 4.49. The number of nitrogens with two attached hydrogens (primary N) is 1. The second-order valence-corrected chi connectivity index (χ2v) is 4.52. The van der Waals surface area contributed by atoms with Crippen LogP contribution in [-0.2, 0) is 6.42 Å². The Hall–Kier alpha value is -1.91. The Labute approximate surface area is 117 Å². The molecule has 0 aliphatic heterocycles. The largest absolute Gasteiger partial charge is 0.457 e. The van der Waals surface area contributed by atoms with E-state index in [2.05, 4.69) is 0 Å². The first-order valence-electron chi connectivity index (χ1n) is 5.97. The molecule has 0 fully saturated rings. The number of rotatable bonds is 5. The van der Waals surface area contributed by atoms with E-state index in [0.29, 0.717) is 22.9 Å². The molecule has 0 aliphatic carbocycles. The van der Waals surface area contributed by atoms with Crippen molar-refractivity contribution < 1.29 is 9.84 Å². The van der Waals surface area contributed by atoms with Gasteiger partial charge in [0, 0.05) is 6.61 Å². The van der Waals surface area contributed by atoms with Crippen LogP contribution in [0.15, 0.2) is 48.5 Å². The quantitative estimate of drug-likeness (QED) is 0.822. The van der Waals surface area contributed by atoms with Crippen LogP contribution in [0.1, 0.15) is 11.1 Å². The van der Waals surface area contributed by atoms with Gasteiger partial charge in [-0.3, -0.25) is 0 Å². The van der Waals surface area contributed by atoms with E-state index in [9.17, 15) is 0 Å². The van der Waals surface area contributed by atoms with E-state index in [1.165, 1.54) is 0 Å². The minimum atomic E-state index is 0.143. The van der Waals surface area contributed by atoms with Crippen molar-refractivity contribution in [2.45, 2.75) is 6.42 Å². The van der Waals surface area contributed by atoms with Crippen molar-refractivity contribution in [3.8, 4) is 11.5 Å². The average molecular weight is 273 g/mol. The molecule has 0 spiro atoms. The Morgan fingerprint density at radius 1 is 1.11 bits per heavy atom. The van der Waals surface area contributed by atoms with E-state index in [1.54, 1.807) is 0 Å². The Balaban J connectivity index is 2.19. The molecule has 0 radical (unpaired) electrons. The van der Waals surface area contributed by atoms with Crippen LogP contribution in [0.4, 0.5) is 0 Å². The first kappa shape index (κ1) is 13.5. The van der Waals surface area contributed by atoms with Crippen LogP contribution in [0.3, 0.4) is 0 Å². The van der Waals surface area contributed by atoms with Crippen LogP contribution < -0.4 is 10.5 Å². The molecular formula is C15H15NO2S. The molecular weight excluding hydrogens is 258 g/mol. The highest BCUT2D eigenvalue weighted by atomic mass is 32.1. The summed E-state index contributed by atoms with van der Waals surface area (Å²) in [5.74, 6) is 1.36.